The average molecular weight is 461 g/mol. The number of barbiturate groups is 1. The van der Waals surface area contributed by atoms with E-state index in [0.29, 0.717) is 21.8 Å². The van der Waals surface area contributed by atoms with Crippen molar-refractivity contribution in [1.29, 1.82) is 0 Å². The molecule has 0 unspecified atom stereocenters. The van der Waals surface area contributed by atoms with Crippen LogP contribution in [0.1, 0.15) is 11.1 Å². The molecule has 1 aliphatic heterocycles. The monoisotopic (exact) mass is 461 g/mol. The van der Waals surface area contributed by atoms with Crippen molar-refractivity contribution < 1.29 is 28.4 Å². The maximum Gasteiger partial charge on any atom is 0.335 e. The van der Waals surface area contributed by atoms with Crippen LogP contribution in [0, 0.1) is 15.9 Å². The first-order chi connectivity index (χ1) is 16.3. The highest BCUT2D eigenvalue weighted by molar-refractivity contribution is 6.39. The molecule has 170 valence electrons. The van der Waals surface area contributed by atoms with E-state index in [1.807, 2.05) is 0 Å². The molecule has 3 aromatic rings. The Morgan fingerprint density at radius 3 is 2.44 bits per heavy atom. The number of non-ortho nitro benzene ring substituents is 1. The van der Waals surface area contributed by atoms with Crippen LogP contribution >= 0.6 is 0 Å². The van der Waals surface area contributed by atoms with Crippen molar-refractivity contribution in [3.05, 3.63) is 105 Å². The third-order valence-electron chi connectivity index (χ3n) is 4.89. The fraction of sp³-hybridized carbons (Fsp3) is 0.0417. The van der Waals surface area contributed by atoms with Crippen LogP contribution < -0.4 is 15.0 Å². The zero-order chi connectivity index (χ0) is 24.2. The molecule has 10 heteroatoms. The summed E-state index contributed by atoms with van der Waals surface area (Å²) in [6.07, 6.45) is 1.30. The lowest BCUT2D eigenvalue weighted by atomic mass is 10.1. The summed E-state index contributed by atoms with van der Waals surface area (Å²) in [4.78, 5) is 48.6. The minimum absolute atomic E-state index is 0.0452. The molecule has 0 bridgehead atoms. The van der Waals surface area contributed by atoms with Crippen molar-refractivity contribution in [2.24, 2.45) is 0 Å². The molecule has 34 heavy (non-hydrogen) atoms. The lowest BCUT2D eigenvalue weighted by Crippen LogP contribution is -2.54. The van der Waals surface area contributed by atoms with E-state index >= 15 is 0 Å². The summed E-state index contributed by atoms with van der Waals surface area (Å²) in [5.74, 6) is -1.68. The molecule has 4 rings (SSSR count). The van der Waals surface area contributed by atoms with Crippen LogP contribution in [0.25, 0.3) is 6.08 Å². The third-order valence-corrected chi connectivity index (χ3v) is 4.89. The van der Waals surface area contributed by atoms with Crippen molar-refractivity contribution in [2.45, 2.75) is 6.61 Å². The van der Waals surface area contributed by atoms with Crippen molar-refractivity contribution >= 4 is 35.3 Å². The zero-order valence-electron chi connectivity index (χ0n) is 17.4. The standard InChI is InChI=1S/C24H16FN3O6/c25-17-4-1-3-16(11-17)14-34-20-9-7-15(8-10-20)12-21-22(29)26-24(31)27(23(21)30)18-5-2-6-19(13-18)28(32)33/h1-13H,14H2,(H,26,29,31)/b21-12+. The molecule has 3 aromatic carbocycles. The molecule has 9 nitrogen and oxygen atoms in total. The number of nitro benzene ring substituents is 1. The molecule has 0 spiro atoms. The van der Waals surface area contributed by atoms with Gasteiger partial charge in [-0.25, -0.2) is 14.1 Å². The highest BCUT2D eigenvalue weighted by Crippen LogP contribution is 2.26. The zero-order valence-corrected chi connectivity index (χ0v) is 17.4. The number of urea groups is 1. The van der Waals surface area contributed by atoms with Crippen molar-refractivity contribution in [1.82, 2.24) is 5.32 Å². The smallest absolute Gasteiger partial charge is 0.335 e. The number of hydrogen-bond donors (Lipinski definition) is 1. The number of rotatable bonds is 6. The van der Waals surface area contributed by atoms with Gasteiger partial charge < -0.3 is 4.74 Å². The summed E-state index contributed by atoms with van der Waals surface area (Å²) in [6, 6.07) is 16.4. The Morgan fingerprint density at radius 2 is 1.74 bits per heavy atom. The molecular formula is C24H16FN3O6. The summed E-state index contributed by atoms with van der Waals surface area (Å²) < 4.78 is 18.9. The quantitative estimate of drug-likeness (QED) is 0.257. The lowest BCUT2D eigenvalue weighted by molar-refractivity contribution is -0.384. The van der Waals surface area contributed by atoms with Crippen LogP contribution in [0.4, 0.5) is 20.6 Å². The van der Waals surface area contributed by atoms with Gasteiger partial charge in [0.1, 0.15) is 23.7 Å². The summed E-state index contributed by atoms with van der Waals surface area (Å²) in [7, 11) is 0. The molecule has 0 aliphatic carbocycles. The Balaban J connectivity index is 1.53. The van der Waals surface area contributed by atoms with E-state index in [2.05, 4.69) is 5.32 Å². The maximum absolute atomic E-state index is 13.3. The van der Waals surface area contributed by atoms with Gasteiger partial charge in [0.15, 0.2) is 0 Å². The number of nitrogens with one attached hydrogen (secondary N) is 1. The number of anilines is 1. The highest BCUT2D eigenvalue weighted by Gasteiger charge is 2.37. The first-order valence-corrected chi connectivity index (χ1v) is 9.95. The van der Waals surface area contributed by atoms with Gasteiger partial charge in [-0.1, -0.05) is 30.3 Å². The molecule has 0 saturated carbocycles. The van der Waals surface area contributed by atoms with E-state index in [1.54, 1.807) is 36.4 Å². The predicted octanol–water partition coefficient (Wildman–Crippen LogP) is 3.98. The Kier molecular flexibility index (Phi) is 6.13. The largest absolute Gasteiger partial charge is 0.489 e. The number of imide groups is 2. The van der Waals surface area contributed by atoms with Gasteiger partial charge in [0.05, 0.1) is 10.6 Å². The SMILES string of the molecule is O=C1NC(=O)N(c2cccc([N+](=O)[O-])c2)C(=O)/C1=C/c1ccc(OCc2cccc(F)c2)cc1. The minimum atomic E-state index is -1.01. The summed E-state index contributed by atoms with van der Waals surface area (Å²) in [6.45, 7) is 0.152. The van der Waals surface area contributed by atoms with Gasteiger partial charge in [-0.05, 0) is 47.5 Å². The molecule has 4 amide bonds. The van der Waals surface area contributed by atoms with Crippen LogP contribution in [0.2, 0.25) is 0 Å². The number of nitrogens with zero attached hydrogens (tertiary/aromatic N) is 2. The Hall–Kier alpha value is -4.86. The van der Waals surface area contributed by atoms with Crippen molar-refractivity contribution in [2.75, 3.05) is 4.90 Å². The number of nitro groups is 1. The van der Waals surface area contributed by atoms with Gasteiger partial charge in [-0.3, -0.25) is 25.0 Å². The number of carbonyl (C=O) groups excluding carboxylic acids is 3. The van der Waals surface area contributed by atoms with Gasteiger partial charge in [0.2, 0.25) is 0 Å². The molecule has 1 aliphatic rings. The van der Waals surface area contributed by atoms with E-state index in [-0.39, 0.29) is 29.4 Å². The van der Waals surface area contributed by atoms with Crippen LogP contribution in [0.5, 0.6) is 5.75 Å². The number of amides is 4. The molecule has 1 saturated heterocycles. The number of benzene rings is 3. The second-order valence-corrected chi connectivity index (χ2v) is 7.22. The Bertz CT molecular complexity index is 1340. The second-order valence-electron chi connectivity index (χ2n) is 7.22. The van der Waals surface area contributed by atoms with E-state index in [4.69, 9.17) is 4.74 Å². The minimum Gasteiger partial charge on any atom is -0.489 e. The second kappa shape index (κ2) is 9.33. The fourth-order valence-corrected chi connectivity index (χ4v) is 3.26. The summed E-state index contributed by atoms with van der Waals surface area (Å²) in [5.41, 5.74) is 0.455. The van der Waals surface area contributed by atoms with Gasteiger partial charge in [-0.15, -0.1) is 0 Å². The van der Waals surface area contributed by atoms with E-state index in [9.17, 15) is 28.9 Å². The van der Waals surface area contributed by atoms with Gasteiger partial charge in [0, 0.05) is 12.1 Å². The van der Waals surface area contributed by atoms with Crippen LogP contribution in [0.15, 0.2) is 78.4 Å². The molecular weight excluding hydrogens is 445 g/mol. The number of halogens is 1. The molecule has 0 atom stereocenters. The topological polar surface area (TPSA) is 119 Å². The molecule has 1 fully saturated rings. The van der Waals surface area contributed by atoms with Crippen LogP contribution in [-0.2, 0) is 16.2 Å². The van der Waals surface area contributed by atoms with Gasteiger partial charge in [-0.2, -0.15) is 0 Å². The summed E-state index contributed by atoms with van der Waals surface area (Å²) in [5, 5.41) is 13.1. The van der Waals surface area contributed by atoms with Gasteiger partial charge in [0.25, 0.3) is 17.5 Å². The van der Waals surface area contributed by atoms with Gasteiger partial charge >= 0.3 is 6.03 Å². The van der Waals surface area contributed by atoms with Crippen molar-refractivity contribution in [3.63, 3.8) is 0 Å². The maximum atomic E-state index is 13.3. The number of ether oxygens (including phenoxy) is 1. The number of hydrogen-bond acceptors (Lipinski definition) is 6. The van der Waals surface area contributed by atoms with Crippen LogP contribution in [0.3, 0.4) is 0 Å². The average Bonchev–Trinajstić information content (AvgIpc) is 2.81. The predicted molar refractivity (Wildman–Crippen MR) is 119 cm³/mol. The summed E-state index contributed by atoms with van der Waals surface area (Å²) >= 11 is 0. The Morgan fingerprint density at radius 1 is 1.00 bits per heavy atom. The first-order valence-electron chi connectivity index (χ1n) is 9.95. The van der Waals surface area contributed by atoms with Crippen LogP contribution in [-0.4, -0.2) is 22.8 Å². The van der Waals surface area contributed by atoms with E-state index < -0.39 is 22.8 Å². The molecule has 1 N–H and O–H groups in total. The van der Waals surface area contributed by atoms with E-state index in [1.165, 1.54) is 36.4 Å². The Labute approximate surface area is 192 Å². The molecule has 1 heterocycles. The molecule has 0 radical (unpaired) electrons. The van der Waals surface area contributed by atoms with Crippen molar-refractivity contribution in [3.8, 4) is 5.75 Å². The highest BCUT2D eigenvalue weighted by atomic mass is 19.1. The fourth-order valence-electron chi connectivity index (χ4n) is 3.26. The van der Waals surface area contributed by atoms with E-state index in [0.717, 1.165) is 6.07 Å². The lowest BCUT2D eigenvalue weighted by Gasteiger charge is -2.26. The third kappa shape index (κ3) is 4.80. The number of carbonyl (C=O) groups is 3. The normalized spacial score (nSPS) is 14.8. The molecule has 0 aromatic heterocycles. The first kappa shape index (κ1) is 22.3.